The first-order valence-corrected chi connectivity index (χ1v) is 24.9. The lowest BCUT2D eigenvalue weighted by molar-refractivity contribution is -0.359. The summed E-state index contributed by atoms with van der Waals surface area (Å²) in [6.45, 7) is 1.13. The van der Waals surface area contributed by atoms with E-state index in [9.17, 15) is 9.90 Å². The zero-order valence-electron chi connectivity index (χ0n) is 38.4. The first-order valence-electron chi connectivity index (χ1n) is 22.6. The fraction of sp³-hybridized carbons (Fsp3) is 0.490. The molecule has 0 bridgehead atoms. The van der Waals surface area contributed by atoms with Gasteiger partial charge in [-0.05, 0) is 46.3 Å². The molecule has 2 fully saturated rings. The number of azide groups is 1. The summed E-state index contributed by atoms with van der Waals surface area (Å²) in [5.74, 6) is -0.307. The van der Waals surface area contributed by atoms with Gasteiger partial charge in [0.1, 0.15) is 55.2 Å². The average molecular weight is 1100 g/mol. The summed E-state index contributed by atoms with van der Waals surface area (Å²) in [5.41, 5.74) is 11.9. The minimum absolute atomic E-state index is 0.0758. The molecule has 0 saturated carbocycles. The summed E-state index contributed by atoms with van der Waals surface area (Å²) < 4.78 is 67.0. The van der Waals surface area contributed by atoms with Crippen molar-refractivity contribution in [3.8, 4) is 5.75 Å². The summed E-state index contributed by atoms with van der Waals surface area (Å²) in [6.07, 6.45) is -9.59. The van der Waals surface area contributed by atoms with Gasteiger partial charge >= 0.3 is 0 Å². The van der Waals surface area contributed by atoms with E-state index in [1.54, 1.807) is 7.11 Å². The third kappa shape index (κ3) is 17.5. The minimum Gasteiger partial charge on any atom is -0.497 e. The smallest absolute Gasteiger partial charge is 0.272 e. The number of aliphatic hydroxyl groups excluding tert-OH is 1. The highest BCUT2D eigenvalue weighted by Gasteiger charge is 2.54. The second kappa shape index (κ2) is 29.8. The van der Waals surface area contributed by atoms with Gasteiger partial charge in [0.25, 0.3) is 9.70 Å². The molecule has 1 amide bonds. The molecular weight excluding hydrogens is 1040 g/mol. The lowest BCUT2D eigenvalue weighted by Crippen LogP contribution is -2.69. The van der Waals surface area contributed by atoms with Crippen LogP contribution in [0.25, 0.3) is 10.4 Å². The van der Waals surface area contributed by atoms with Gasteiger partial charge in [0, 0.05) is 23.4 Å². The third-order valence-electron chi connectivity index (χ3n) is 11.1. The van der Waals surface area contributed by atoms with Crippen molar-refractivity contribution in [1.82, 2.24) is 5.32 Å². The molecule has 17 nitrogen and oxygen atoms in total. The van der Waals surface area contributed by atoms with Crippen LogP contribution in [0, 0.1) is 0 Å². The Kier molecular flexibility index (Phi) is 23.7. The number of amides is 1. The van der Waals surface area contributed by atoms with Crippen LogP contribution in [0.15, 0.2) is 120 Å². The van der Waals surface area contributed by atoms with Gasteiger partial charge in [-0.1, -0.05) is 159 Å². The lowest BCUT2D eigenvalue weighted by Gasteiger charge is -2.50. The number of alkyl halides is 4. The van der Waals surface area contributed by atoms with Gasteiger partial charge in [0.15, 0.2) is 12.6 Å². The largest absolute Gasteiger partial charge is 0.497 e. The molecule has 2 N–H and O–H groups in total. The predicted molar refractivity (Wildman–Crippen MR) is 263 cm³/mol. The summed E-state index contributed by atoms with van der Waals surface area (Å²) >= 11 is 22.2. The molecule has 0 unspecified atom stereocenters. The normalized spacial score (nSPS) is 24.7. The van der Waals surface area contributed by atoms with Gasteiger partial charge in [-0.3, -0.25) is 4.79 Å². The molecule has 0 aromatic heterocycles. The molecule has 2 aliphatic heterocycles. The Morgan fingerprint density at radius 3 is 1.83 bits per heavy atom. The highest BCUT2D eigenvalue weighted by molar-refractivity contribution is 9.09. The number of hydrogen-bond donors (Lipinski definition) is 2. The Labute approximate surface area is 430 Å². The van der Waals surface area contributed by atoms with Crippen LogP contribution < -0.4 is 10.1 Å². The molecule has 21 heteroatoms. The SMILES string of the molecule is COc1ccc(COC[C@H]2O[C@H](O[C@@H]3[C@@H](NC(=O)C(Cl)(Cl)Cl)[C@H](OCOCCCOCCN=[N+]=[N-])O[C@H](CBr)[C@H]3OCc3ccccc3)[C@H](OCc3ccccc3)[C@@H](OCc3ccccc3)[C@H]2O)cc1. The molecule has 4 aromatic rings. The van der Waals surface area contributed by atoms with Gasteiger partial charge in [0.2, 0.25) is 0 Å². The van der Waals surface area contributed by atoms with E-state index in [-0.39, 0.29) is 64.9 Å². The van der Waals surface area contributed by atoms with Crippen LogP contribution in [0.2, 0.25) is 0 Å². The molecule has 0 aliphatic carbocycles. The van der Waals surface area contributed by atoms with Gasteiger partial charge in [-0.25, -0.2) is 0 Å². The van der Waals surface area contributed by atoms with Gasteiger partial charge in [-0.15, -0.1) is 0 Å². The van der Waals surface area contributed by atoms with E-state index in [1.807, 2.05) is 115 Å². The molecule has 2 aliphatic rings. The summed E-state index contributed by atoms with van der Waals surface area (Å²) in [5, 5.41) is 18.7. The maximum absolute atomic E-state index is 13.7. The third-order valence-corrected chi connectivity index (χ3v) is 12.3. The Hall–Kier alpha value is -3.63. The van der Waals surface area contributed by atoms with Crippen LogP contribution in [-0.2, 0) is 78.6 Å². The fourth-order valence-corrected chi connectivity index (χ4v) is 8.27. The monoisotopic (exact) mass is 1090 g/mol. The number of hydrogen-bond acceptors (Lipinski definition) is 14. The van der Waals surface area contributed by atoms with Crippen molar-refractivity contribution in [2.75, 3.05) is 52.2 Å². The number of carbonyl (C=O) groups is 1. The molecule has 70 heavy (non-hydrogen) atoms. The Morgan fingerprint density at radius 2 is 1.26 bits per heavy atom. The molecule has 380 valence electrons. The maximum Gasteiger partial charge on any atom is 0.272 e. The summed E-state index contributed by atoms with van der Waals surface area (Å²) in [7, 11) is 1.59. The van der Waals surface area contributed by atoms with E-state index in [1.165, 1.54) is 0 Å². The van der Waals surface area contributed by atoms with Gasteiger partial charge in [0.05, 0.1) is 59.5 Å². The maximum atomic E-state index is 13.7. The zero-order chi connectivity index (χ0) is 49.6. The van der Waals surface area contributed by atoms with Crippen LogP contribution >= 0.6 is 50.7 Å². The van der Waals surface area contributed by atoms with E-state index in [0.717, 1.165) is 22.3 Å². The van der Waals surface area contributed by atoms with E-state index in [2.05, 4.69) is 31.3 Å². The quantitative estimate of drug-likeness (QED) is 0.0138. The standard InChI is InChI=1S/C49H58BrCl3N4O13/c1-60-37-20-18-36(19-21-37)27-63-31-39-41(58)44(65-29-34-14-7-3-8-15-34)45(66-30-35-16-9-4-10-17-35)47(69-39)70-43-40(56-48(59)49(51,52)53)46(67-32-62-24-11-23-61-25-22-55-57-54)68-38(26-50)42(43)64-28-33-12-5-2-6-13-33/h2-10,12-21,38-47,58H,11,22-32H2,1H3,(H,56,59)/t38-,39-,40-,41+,42-,43-,44+,45-,46-,47-/m1/s1. The van der Waals surface area contributed by atoms with Crippen molar-refractivity contribution in [3.63, 3.8) is 0 Å². The summed E-state index contributed by atoms with van der Waals surface area (Å²) in [6, 6.07) is 34.6. The van der Waals surface area contributed by atoms with Crippen LogP contribution in [0.4, 0.5) is 0 Å². The molecule has 0 radical (unpaired) electrons. The number of halogens is 4. The molecule has 2 heterocycles. The predicted octanol–water partition coefficient (Wildman–Crippen LogP) is 8.12. The van der Waals surface area contributed by atoms with E-state index in [4.69, 9.17) is 92.4 Å². The molecule has 4 aromatic carbocycles. The van der Waals surface area contributed by atoms with E-state index >= 15 is 0 Å². The zero-order valence-corrected chi connectivity index (χ0v) is 42.3. The van der Waals surface area contributed by atoms with Crippen molar-refractivity contribution in [2.45, 2.75) is 98.0 Å². The first-order chi connectivity index (χ1) is 34.1. The van der Waals surface area contributed by atoms with E-state index < -0.39 is 71.0 Å². The van der Waals surface area contributed by atoms with Crippen molar-refractivity contribution < 1.29 is 62.0 Å². The lowest BCUT2D eigenvalue weighted by atomic mass is 9.95. The topological polar surface area (TPSA) is 200 Å². The first kappa shape index (κ1) is 55.7. The van der Waals surface area contributed by atoms with E-state index in [0.29, 0.717) is 18.8 Å². The van der Waals surface area contributed by atoms with Crippen molar-refractivity contribution >= 4 is 56.6 Å². The summed E-state index contributed by atoms with van der Waals surface area (Å²) in [4.78, 5) is 16.4. The average Bonchev–Trinajstić information content (AvgIpc) is 3.37. The molecular formula is C49H58BrCl3N4O13. The van der Waals surface area contributed by atoms with Crippen LogP contribution in [0.3, 0.4) is 0 Å². The number of methoxy groups -OCH3 is 1. The Morgan fingerprint density at radius 1 is 0.700 bits per heavy atom. The Bertz CT molecular complexity index is 2150. The van der Waals surface area contributed by atoms with Gasteiger partial charge < -0.3 is 62.5 Å². The number of aliphatic hydroxyl groups is 1. The Balaban J connectivity index is 1.34. The van der Waals surface area contributed by atoms with Crippen LogP contribution in [0.5, 0.6) is 5.75 Å². The number of nitrogens with zero attached hydrogens (tertiary/aromatic N) is 3. The van der Waals surface area contributed by atoms with Crippen molar-refractivity contribution in [2.24, 2.45) is 5.11 Å². The second-order valence-electron chi connectivity index (χ2n) is 16.1. The molecule has 2 saturated heterocycles. The number of nitrogens with one attached hydrogen (secondary N) is 1. The highest BCUT2D eigenvalue weighted by atomic mass is 79.9. The minimum atomic E-state index is -2.42. The highest BCUT2D eigenvalue weighted by Crippen LogP contribution is 2.36. The number of carbonyl (C=O) groups excluding carboxylic acids is 1. The number of ether oxygens (including phenoxy) is 11. The molecule has 0 spiro atoms. The van der Waals surface area contributed by atoms with Crippen molar-refractivity contribution in [1.29, 1.82) is 0 Å². The number of benzene rings is 4. The molecule has 10 atom stereocenters. The van der Waals surface area contributed by atoms with Crippen LogP contribution in [-0.4, -0.2) is 128 Å². The molecule has 6 rings (SSSR count). The number of rotatable bonds is 28. The van der Waals surface area contributed by atoms with Gasteiger partial charge in [-0.2, -0.15) is 0 Å². The van der Waals surface area contributed by atoms with Crippen LogP contribution in [0.1, 0.15) is 28.7 Å². The van der Waals surface area contributed by atoms with Crippen molar-refractivity contribution in [3.05, 3.63) is 148 Å². The second-order valence-corrected chi connectivity index (χ2v) is 19.0. The fourth-order valence-electron chi connectivity index (χ4n) is 7.58.